The van der Waals surface area contributed by atoms with Gasteiger partial charge in [-0.1, -0.05) is 58.4 Å². The van der Waals surface area contributed by atoms with Crippen LogP contribution in [0.1, 0.15) is 33.8 Å². The van der Waals surface area contributed by atoms with Gasteiger partial charge in [-0.05, 0) is 47.0 Å². The molecule has 0 unspecified atom stereocenters. The monoisotopic (exact) mass is 499 g/mol. The van der Waals surface area contributed by atoms with Crippen LogP contribution in [-0.2, 0) is 30.6 Å². The van der Waals surface area contributed by atoms with Gasteiger partial charge in [0.25, 0.3) is 0 Å². The third kappa shape index (κ3) is 4.81. The molecule has 0 atom stereocenters. The Morgan fingerprint density at radius 3 is 2.52 bits per heavy atom. The molecular weight excluding hydrogens is 478 g/mol. The number of nitrogens with one attached hydrogen (secondary N) is 1. The van der Waals surface area contributed by atoms with Crippen molar-refractivity contribution in [1.29, 1.82) is 0 Å². The summed E-state index contributed by atoms with van der Waals surface area (Å²) in [4.78, 5) is 22.5. The highest BCUT2D eigenvalue weighted by Gasteiger charge is 2.24. The fourth-order valence-corrected chi connectivity index (χ4v) is 4.39. The Hall–Kier alpha value is -3.51. The molecule has 1 aliphatic carbocycles. The van der Waals surface area contributed by atoms with E-state index in [2.05, 4.69) is 33.4 Å². The second-order valence-corrected chi connectivity index (χ2v) is 9.09. The highest BCUT2D eigenvalue weighted by molar-refractivity contribution is 9.10. The molecule has 0 fully saturated rings. The molecule has 2 N–H and O–H groups in total. The molecule has 0 radical (unpaired) electrons. The first kappa shape index (κ1) is 21.3. The third-order valence-electron chi connectivity index (χ3n) is 5.77. The van der Waals surface area contributed by atoms with Gasteiger partial charge in [0.1, 0.15) is 5.75 Å². The second-order valence-electron chi connectivity index (χ2n) is 8.17. The van der Waals surface area contributed by atoms with Gasteiger partial charge in [0.05, 0.1) is 35.7 Å². The Balaban J connectivity index is 1.41. The summed E-state index contributed by atoms with van der Waals surface area (Å²) in [6.45, 7) is 0.319. The molecular formula is C27H22BrN3O2. The molecule has 1 heterocycles. The Bertz CT molecular complexity index is 1320. The number of nitrogens with zero attached hydrogens (tertiary/aromatic N) is 2. The van der Waals surface area contributed by atoms with E-state index in [1.54, 1.807) is 12.1 Å². The molecule has 0 saturated heterocycles. The molecule has 1 aliphatic rings. The maximum Gasteiger partial charge on any atom is 0.224 e. The van der Waals surface area contributed by atoms with Gasteiger partial charge in [0.15, 0.2) is 0 Å². The maximum atomic E-state index is 12.6. The van der Waals surface area contributed by atoms with Crippen molar-refractivity contribution in [3.8, 4) is 17.0 Å². The van der Waals surface area contributed by atoms with Gasteiger partial charge in [-0.2, -0.15) is 0 Å². The van der Waals surface area contributed by atoms with Crippen molar-refractivity contribution in [1.82, 2.24) is 15.3 Å². The average Bonchev–Trinajstić information content (AvgIpc) is 3.16. The average molecular weight is 500 g/mol. The lowest BCUT2D eigenvalue weighted by Gasteiger charge is -2.12. The van der Waals surface area contributed by atoms with Crippen molar-refractivity contribution in [2.45, 2.75) is 25.8 Å². The maximum absolute atomic E-state index is 12.6. The van der Waals surface area contributed by atoms with E-state index in [1.807, 2.05) is 48.5 Å². The lowest BCUT2D eigenvalue weighted by atomic mass is 10.1. The van der Waals surface area contributed by atoms with Crippen LogP contribution in [0.5, 0.6) is 5.75 Å². The number of fused-ring (bicyclic) bond motifs is 3. The number of phenols is 1. The van der Waals surface area contributed by atoms with Crippen LogP contribution in [0.15, 0.2) is 77.3 Å². The van der Waals surface area contributed by atoms with Gasteiger partial charge in [-0.3, -0.25) is 9.78 Å². The van der Waals surface area contributed by atoms with E-state index in [-0.39, 0.29) is 11.7 Å². The Labute approximate surface area is 200 Å². The number of amides is 1. The summed E-state index contributed by atoms with van der Waals surface area (Å²) in [5.41, 5.74) is 7.49. The highest BCUT2D eigenvalue weighted by atomic mass is 79.9. The van der Waals surface area contributed by atoms with Crippen LogP contribution in [0.4, 0.5) is 0 Å². The molecule has 1 aromatic heterocycles. The van der Waals surface area contributed by atoms with Gasteiger partial charge in [0, 0.05) is 22.9 Å². The minimum absolute atomic E-state index is 0.0570. The standard InChI is InChI=1S/C27H22BrN3O2/c28-20-8-6-18(7-9-20)13-26(33)29-16-25-23(12-17-4-2-1-3-5-17)31-27-22-11-10-21(32)14-19(22)15-24(27)30-25/h1-11,14,32H,12-13,15-16H2,(H,29,33). The van der Waals surface area contributed by atoms with Crippen LogP contribution >= 0.6 is 15.9 Å². The van der Waals surface area contributed by atoms with Crippen LogP contribution < -0.4 is 5.32 Å². The smallest absolute Gasteiger partial charge is 0.224 e. The summed E-state index contributed by atoms with van der Waals surface area (Å²) < 4.78 is 0.986. The van der Waals surface area contributed by atoms with E-state index in [9.17, 15) is 9.90 Å². The van der Waals surface area contributed by atoms with Gasteiger partial charge in [0.2, 0.25) is 5.91 Å². The highest BCUT2D eigenvalue weighted by Crippen LogP contribution is 2.36. The summed E-state index contributed by atoms with van der Waals surface area (Å²) in [6.07, 6.45) is 1.56. The Kier molecular flexibility index (Phi) is 5.92. The van der Waals surface area contributed by atoms with E-state index in [0.29, 0.717) is 25.8 Å². The molecule has 0 aliphatic heterocycles. The zero-order chi connectivity index (χ0) is 22.8. The fraction of sp³-hybridized carbons (Fsp3) is 0.148. The number of aromatic nitrogens is 2. The number of carbonyl (C=O) groups is 1. The first-order chi connectivity index (χ1) is 16.0. The predicted octanol–water partition coefficient (Wildman–Crippen LogP) is 4.97. The number of benzene rings is 3. The Morgan fingerprint density at radius 1 is 0.939 bits per heavy atom. The quantitative estimate of drug-likeness (QED) is 0.346. The normalized spacial score (nSPS) is 11.7. The van der Waals surface area contributed by atoms with Gasteiger partial charge >= 0.3 is 0 Å². The van der Waals surface area contributed by atoms with Crippen molar-refractivity contribution < 1.29 is 9.90 Å². The van der Waals surface area contributed by atoms with Crippen molar-refractivity contribution >= 4 is 21.8 Å². The first-order valence-corrected chi connectivity index (χ1v) is 11.6. The van der Waals surface area contributed by atoms with Crippen molar-refractivity contribution in [2.24, 2.45) is 0 Å². The summed E-state index contributed by atoms with van der Waals surface area (Å²) in [6, 6.07) is 23.2. The van der Waals surface area contributed by atoms with E-state index < -0.39 is 0 Å². The number of aromatic hydroxyl groups is 1. The minimum Gasteiger partial charge on any atom is -0.508 e. The van der Waals surface area contributed by atoms with E-state index in [1.165, 1.54) is 0 Å². The topological polar surface area (TPSA) is 75.1 Å². The van der Waals surface area contributed by atoms with Crippen molar-refractivity contribution in [3.05, 3.63) is 111 Å². The van der Waals surface area contributed by atoms with Crippen LogP contribution in [-0.4, -0.2) is 21.0 Å². The van der Waals surface area contributed by atoms with Gasteiger partial charge in [-0.15, -0.1) is 0 Å². The summed E-state index contributed by atoms with van der Waals surface area (Å²) in [7, 11) is 0. The molecule has 33 heavy (non-hydrogen) atoms. The summed E-state index contributed by atoms with van der Waals surface area (Å²) in [5.74, 6) is 0.185. The summed E-state index contributed by atoms with van der Waals surface area (Å²) in [5, 5.41) is 12.9. The number of hydrogen-bond donors (Lipinski definition) is 2. The fourth-order valence-electron chi connectivity index (χ4n) is 4.13. The molecule has 5 rings (SSSR count). The largest absolute Gasteiger partial charge is 0.508 e. The van der Waals surface area contributed by atoms with Crippen LogP contribution in [0, 0.1) is 0 Å². The number of hydrogen-bond acceptors (Lipinski definition) is 4. The first-order valence-electron chi connectivity index (χ1n) is 10.8. The molecule has 5 nitrogen and oxygen atoms in total. The molecule has 6 heteroatoms. The molecule has 0 saturated carbocycles. The molecule has 4 aromatic rings. The van der Waals surface area contributed by atoms with Gasteiger partial charge < -0.3 is 10.4 Å². The SMILES string of the molecule is O=C(Cc1ccc(Br)cc1)NCc1nc2c(nc1Cc1ccccc1)-c1ccc(O)cc1C2. The number of carbonyl (C=O) groups excluding carboxylic acids is 1. The second kappa shape index (κ2) is 9.16. The van der Waals surface area contributed by atoms with E-state index in [0.717, 1.165) is 49.5 Å². The number of halogens is 1. The molecule has 0 spiro atoms. The number of rotatable bonds is 6. The van der Waals surface area contributed by atoms with E-state index >= 15 is 0 Å². The molecule has 164 valence electrons. The molecule has 0 bridgehead atoms. The van der Waals surface area contributed by atoms with Crippen LogP contribution in [0.2, 0.25) is 0 Å². The lowest BCUT2D eigenvalue weighted by molar-refractivity contribution is -0.120. The lowest BCUT2D eigenvalue weighted by Crippen LogP contribution is -2.26. The zero-order valence-corrected chi connectivity index (χ0v) is 19.5. The van der Waals surface area contributed by atoms with Gasteiger partial charge in [-0.25, -0.2) is 4.98 Å². The minimum atomic E-state index is -0.0570. The molecule has 1 amide bonds. The predicted molar refractivity (Wildman–Crippen MR) is 131 cm³/mol. The molecule has 3 aromatic carbocycles. The van der Waals surface area contributed by atoms with Crippen molar-refractivity contribution in [3.63, 3.8) is 0 Å². The Morgan fingerprint density at radius 2 is 1.73 bits per heavy atom. The number of phenolic OH excluding ortho intramolecular Hbond substituents is 1. The summed E-state index contributed by atoms with van der Waals surface area (Å²) >= 11 is 3.42. The third-order valence-corrected chi connectivity index (χ3v) is 6.30. The van der Waals surface area contributed by atoms with Crippen molar-refractivity contribution in [2.75, 3.05) is 0 Å². The van der Waals surface area contributed by atoms with E-state index in [4.69, 9.17) is 9.97 Å². The zero-order valence-electron chi connectivity index (χ0n) is 17.9. The van der Waals surface area contributed by atoms with Crippen LogP contribution in [0.3, 0.4) is 0 Å². The van der Waals surface area contributed by atoms with Crippen LogP contribution in [0.25, 0.3) is 11.3 Å².